The molecule has 0 saturated carbocycles. The lowest BCUT2D eigenvalue weighted by molar-refractivity contribution is -0.143. The summed E-state index contributed by atoms with van der Waals surface area (Å²) in [5, 5.41) is 11.2. The zero-order valence-electron chi connectivity index (χ0n) is 10.4. The smallest absolute Gasteiger partial charge is 0.328 e. The van der Waals surface area contributed by atoms with E-state index in [9.17, 15) is 9.59 Å². The van der Waals surface area contributed by atoms with Gasteiger partial charge in [0, 0.05) is 13.5 Å². The Labute approximate surface area is 102 Å². The van der Waals surface area contributed by atoms with Gasteiger partial charge in [0.1, 0.15) is 0 Å². The number of carboxylic acid groups (broad SMARTS) is 1. The average Bonchev–Trinajstić information content (AvgIpc) is 2.26. The van der Waals surface area contributed by atoms with E-state index in [2.05, 4.69) is 5.32 Å². The van der Waals surface area contributed by atoms with E-state index in [0.717, 1.165) is 6.42 Å². The number of methoxy groups -OCH3 is 1. The maximum atomic E-state index is 11.5. The van der Waals surface area contributed by atoms with E-state index in [-0.39, 0.29) is 12.5 Å². The van der Waals surface area contributed by atoms with Gasteiger partial charge >= 0.3 is 5.97 Å². The van der Waals surface area contributed by atoms with Gasteiger partial charge in [-0.05, 0) is 25.3 Å². The SMILES string of the molecule is COCC(NC(=O)CCC(C)CCN)C(=O)O. The first-order valence-corrected chi connectivity index (χ1v) is 5.72. The molecule has 0 spiro atoms. The minimum atomic E-state index is -1.09. The van der Waals surface area contributed by atoms with Crippen molar-refractivity contribution in [1.29, 1.82) is 0 Å². The number of amides is 1. The summed E-state index contributed by atoms with van der Waals surface area (Å²) in [6, 6.07) is -0.975. The lowest BCUT2D eigenvalue weighted by Gasteiger charge is -2.14. The lowest BCUT2D eigenvalue weighted by atomic mass is 10.0. The highest BCUT2D eigenvalue weighted by Gasteiger charge is 2.19. The first-order valence-electron chi connectivity index (χ1n) is 5.72. The number of nitrogens with one attached hydrogen (secondary N) is 1. The highest BCUT2D eigenvalue weighted by molar-refractivity contribution is 5.83. The minimum absolute atomic E-state index is 0.0283. The molecule has 0 aliphatic heterocycles. The highest BCUT2D eigenvalue weighted by Crippen LogP contribution is 2.08. The van der Waals surface area contributed by atoms with Crippen LogP contribution in [0, 0.1) is 5.92 Å². The maximum Gasteiger partial charge on any atom is 0.328 e. The second-order valence-electron chi connectivity index (χ2n) is 4.13. The first-order chi connectivity index (χ1) is 8.01. The molecule has 0 bridgehead atoms. The predicted molar refractivity (Wildman–Crippen MR) is 63.5 cm³/mol. The summed E-state index contributed by atoms with van der Waals surface area (Å²) < 4.78 is 4.72. The van der Waals surface area contributed by atoms with E-state index in [4.69, 9.17) is 15.6 Å². The van der Waals surface area contributed by atoms with Crippen LogP contribution in [0.4, 0.5) is 0 Å². The second kappa shape index (κ2) is 8.95. The van der Waals surface area contributed by atoms with Gasteiger partial charge in [0.05, 0.1) is 6.61 Å². The second-order valence-corrected chi connectivity index (χ2v) is 4.13. The third-order valence-electron chi connectivity index (χ3n) is 2.49. The van der Waals surface area contributed by atoms with Crippen molar-refractivity contribution in [2.75, 3.05) is 20.3 Å². The molecule has 4 N–H and O–H groups in total. The molecule has 0 radical (unpaired) electrons. The van der Waals surface area contributed by atoms with Crippen LogP contribution in [0.1, 0.15) is 26.2 Å². The maximum absolute atomic E-state index is 11.5. The Morgan fingerprint density at radius 1 is 1.41 bits per heavy atom. The molecule has 0 aromatic rings. The van der Waals surface area contributed by atoms with Crippen molar-refractivity contribution in [3.05, 3.63) is 0 Å². The van der Waals surface area contributed by atoms with E-state index in [0.29, 0.717) is 25.3 Å². The molecule has 0 aliphatic carbocycles. The van der Waals surface area contributed by atoms with Gasteiger partial charge in [-0.25, -0.2) is 4.79 Å². The largest absolute Gasteiger partial charge is 0.480 e. The van der Waals surface area contributed by atoms with Crippen LogP contribution in [-0.2, 0) is 14.3 Å². The molecular formula is C11H22N2O4. The van der Waals surface area contributed by atoms with Crippen molar-refractivity contribution >= 4 is 11.9 Å². The van der Waals surface area contributed by atoms with Crippen molar-refractivity contribution in [2.45, 2.75) is 32.2 Å². The molecule has 0 aromatic heterocycles. The summed E-state index contributed by atoms with van der Waals surface area (Å²) in [7, 11) is 1.39. The Bertz CT molecular complexity index is 246. The predicted octanol–water partition coefficient (Wildman–Crippen LogP) is -0.0327. The van der Waals surface area contributed by atoms with Crippen LogP contribution in [0.15, 0.2) is 0 Å². The van der Waals surface area contributed by atoms with Crippen LogP contribution >= 0.6 is 0 Å². The number of ether oxygens (including phenoxy) is 1. The number of hydrogen-bond donors (Lipinski definition) is 3. The molecule has 0 saturated heterocycles. The van der Waals surface area contributed by atoms with E-state index >= 15 is 0 Å². The quantitative estimate of drug-likeness (QED) is 0.530. The standard InChI is InChI=1S/C11H22N2O4/c1-8(5-6-12)3-4-10(14)13-9(7-17-2)11(15)16/h8-9H,3-7,12H2,1-2H3,(H,13,14)(H,15,16). The van der Waals surface area contributed by atoms with Gasteiger partial charge in [-0.15, -0.1) is 0 Å². The van der Waals surface area contributed by atoms with Crippen molar-refractivity contribution in [1.82, 2.24) is 5.32 Å². The van der Waals surface area contributed by atoms with Gasteiger partial charge in [-0.3, -0.25) is 4.79 Å². The van der Waals surface area contributed by atoms with Crippen molar-refractivity contribution < 1.29 is 19.4 Å². The fourth-order valence-corrected chi connectivity index (χ4v) is 1.41. The number of hydrogen-bond acceptors (Lipinski definition) is 4. The number of carbonyl (C=O) groups excluding carboxylic acids is 1. The van der Waals surface area contributed by atoms with Gasteiger partial charge in [0.2, 0.25) is 5.91 Å². The van der Waals surface area contributed by atoms with Gasteiger partial charge in [-0.2, -0.15) is 0 Å². The summed E-state index contributed by atoms with van der Waals surface area (Å²) in [6.45, 7) is 2.59. The molecule has 0 aliphatic rings. The van der Waals surface area contributed by atoms with Crippen molar-refractivity contribution in [3.63, 3.8) is 0 Å². The molecule has 0 aromatic carbocycles. The third kappa shape index (κ3) is 7.70. The van der Waals surface area contributed by atoms with Crippen molar-refractivity contribution in [2.24, 2.45) is 11.7 Å². The van der Waals surface area contributed by atoms with Crippen LogP contribution in [0.2, 0.25) is 0 Å². The Morgan fingerprint density at radius 2 is 2.06 bits per heavy atom. The molecule has 17 heavy (non-hydrogen) atoms. The van der Waals surface area contributed by atoms with Crippen LogP contribution in [0.25, 0.3) is 0 Å². The first kappa shape index (κ1) is 15.9. The van der Waals surface area contributed by atoms with E-state index in [1.54, 1.807) is 0 Å². The van der Waals surface area contributed by atoms with Crippen molar-refractivity contribution in [3.8, 4) is 0 Å². The summed E-state index contributed by atoms with van der Waals surface area (Å²) in [5.41, 5.74) is 5.40. The fraction of sp³-hybridized carbons (Fsp3) is 0.818. The monoisotopic (exact) mass is 246 g/mol. The number of carboxylic acids is 1. The fourth-order valence-electron chi connectivity index (χ4n) is 1.41. The molecule has 2 atom stereocenters. The number of nitrogens with two attached hydrogens (primary N) is 1. The molecule has 6 heteroatoms. The van der Waals surface area contributed by atoms with Crippen LogP contribution in [0.3, 0.4) is 0 Å². The van der Waals surface area contributed by atoms with Crippen LogP contribution in [0.5, 0.6) is 0 Å². The summed E-state index contributed by atoms with van der Waals surface area (Å²) in [5.74, 6) is -0.981. The van der Waals surface area contributed by atoms with Crippen LogP contribution in [-0.4, -0.2) is 43.3 Å². The van der Waals surface area contributed by atoms with Gasteiger partial charge in [-0.1, -0.05) is 6.92 Å². The molecule has 6 nitrogen and oxygen atoms in total. The van der Waals surface area contributed by atoms with E-state index < -0.39 is 12.0 Å². The summed E-state index contributed by atoms with van der Waals surface area (Å²) in [6.07, 6.45) is 1.89. The minimum Gasteiger partial charge on any atom is -0.480 e. The molecule has 1 amide bonds. The summed E-state index contributed by atoms with van der Waals surface area (Å²) in [4.78, 5) is 22.2. The Balaban J connectivity index is 3.93. The topological polar surface area (TPSA) is 102 Å². The number of carbonyl (C=O) groups is 2. The lowest BCUT2D eigenvalue weighted by Crippen LogP contribution is -2.43. The molecule has 0 rings (SSSR count). The molecule has 100 valence electrons. The molecular weight excluding hydrogens is 224 g/mol. The van der Waals surface area contributed by atoms with E-state index in [1.165, 1.54) is 7.11 Å². The zero-order valence-corrected chi connectivity index (χ0v) is 10.4. The normalized spacial score (nSPS) is 14.1. The average molecular weight is 246 g/mol. The van der Waals surface area contributed by atoms with Gasteiger partial charge in [0.15, 0.2) is 6.04 Å². The summed E-state index contributed by atoms with van der Waals surface area (Å²) >= 11 is 0. The Hall–Kier alpha value is -1.14. The van der Waals surface area contributed by atoms with Gasteiger partial charge in [0.25, 0.3) is 0 Å². The molecule has 2 unspecified atom stereocenters. The molecule has 0 fully saturated rings. The highest BCUT2D eigenvalue weighted by atomic mass is 16.5. The van der Waals surface area contributed by atoms with Gasteiger partial charge < -0.3 is 20.9 Å². The Morgan fingerprint density at radius 3 is 2.53 bits per heavy atom. The van der Waals surface area contributed by atoms with E-state index in [1.807, 2.05) is 6.92 Å². The third-order valence-corrected chi connectivity index (χ3v) is 2.49. The zero-order chi connectivity index (χ0) is 13.3. The molecule has 0 heterocycles. The van der Waals surface area contributed by atoms with Crippen LogP contribution < -0.4 is 11.1 Å². The number of rotatable bonds is 9. The Kier molecular flexibility index (Phi) is 8.35. The number of aliphatic carboxylic acids is 1.